The first-order valence-electron chi connectivity index (χ1n) is 6.76. The largest absolute Gasteiger partial charge is 0.490 e. The van der Waals surface area contributed by atoms with Crippen molar-refractivity contribution in [2.45, 2.75) is 13.0 Å². The van der Waals surface area contributed by atoms with Crippen LogP contribution in [0.1, 0.15) is 22.7 Å². The molecule has 2 aromatic rings. The minimum atomic E-state index is -0.329. The molecule has 21 heavy (non-hydrogen) atoms. The van der Waals surface area contributed by atoms with Crippen molar-refractivity contribution in [3.05, 3.63) is 41.9 Å². The van der Waals surface area contributed by atoms with Crippen LogP contribution in [0.25, 0.3) is 0 Å². The summed E-state index contributed by atoms with van der Waals surface area (Å²) in [5.74, 6) is 1.78. The molecule has 1 aromatic carbocycles. The quantitative estimate of drug-likeness (QED) is 0.903. The summed E-state index contributed by atoms with van der Waals surface area (Å²) in [4.78, 5) is 12.1. The van der Waals surface area contributed by atoms with Gasteiger partial charge in [0, 0.05) is 18.2 Å². The van der Waals surface area contributed by atoms with E-state index in [0.29, 0.717) is 36.2 Å². The maximum atomic E-state index is 12.1. The van der Waals surface area contributed by atoms with E-state index in [4.69, 9.17) is 19.6 Å². The highest BCUT2D eigenvalue weighted by atomic mass is 16.5. The van der Waals surface area contributed by atoms with Crippen molar-refractivity contribution in [3.8, 4) is 11.5 Å². The van der Waals surface area contributed by atoms with Crippen LogP contribution in [0.2, 0.25) is 0 Å². The van der Waals surface area contributed by atoms with Gasteiger partial charge in [-0.25, -0.2) is 0 Å². The lowest BCUT2D eigenvalue weighted by Gasteiger charge is -2.09. The third kappa shape index (κ3) is 3.00. The van der Waals surface area contributed by atoms with Crippen LogP contribution < -0.4 is 20.5 Å². The third-order valence-electron chi connectivity index (χ3n) is 3.09. The number of fused-ring (bicyclic) bond motifs is 1. The van der Waals surface area contributed by atoms with Gasteiger partial charge in [-0.05, 0) is 24.3 Å². The molecule has 0 spiro atoms. The molecule has 1 aromatic heterocycles. The molecule has 0 aliphatic carbocycles. The molecule has 0 saturated carbocycles. The van der Waals surface area contributed by atoms with Crippen molar-refractivity contribution in [2.24, 2.45) is 5.73 Å². The average Bonchev–Trinajstić information content (AvgIpc) is 2.86. The number of anilines is 1. The normalized spacial score (nSPS) is 13.6. The maximum Gasteiger partial charge on any atom is 0.291 e. The molecule has 6 heteroatoms. The number of carbonyl (C=O) groups excluding carboxylic acids is 1. The number of amides is 1. The SMILES string of the molecule is NCc1ccc(C(=O)Nc2ccc3c(c2)OCCCO3)o1. The molecule has 0 radical (unpaired) electrons. The van der Waals surface area contributed by atoms with E-state index in [-0.39, 0.29) is 18.2 Å². The molecule has 3 N–H and O–H groups in total. The second-order valence-electron chi connectivity index (χ2n) is 4.64. The summed E-state index contributed by atoms with van der Waals surface area (Å²) in [6.07, 6.45) is 0.838. The van der Waals surface area contributed by atoms with Crippen molar-refractivity contribution < 1.29 is 18.7 Å². The molecule has 1 aliphatic rings. The Bertz CT molecular complexity index is 651. The number of benzene rings is 1. The summed E-state index contributed by atoms with van der Waals surface area (Å²) in [5, 5.41) is 2.76. The zero-order valence-electron chi connectivity index (χ0n) is 11.4. The molecule has 1 aliphatic heterocycles. The number of ether oxygens (including phenoxy) is 2. The van der Waals surface area contributed by atoms with E-state index in [2.05, 4.69) is 5.32 Å². The fourth-order valence-electron chi connectivity index (χ4n) is 2.04. The highest BCUT2D eigenvalue weighted by Gasteiger charge is 2.14. The molecule has 0 saturated heterocycles. The summed E-state index contributed by atoms with van der Waals surface area (Å²) in [6.45, 7) is 1.49. The van der Waals surface area contributed by atoms with Crippen molar-refractivity contribution in [1.82, 2.24) is 0 Å². The van der Waals surface area contributed by atoms with E-state index >= 15 is 0 Å². The Morgan fingerprint density at radius 3 is 2.71 bits per heavy atom. The van der Waals surface area contributed by atoms with Crippen molar-refractivity contribution in [1.29, 1.82) is 0 Å². The molecule has 0 bridgehead atoms. The predicted molar refractivity (Wildman–Crippen MR) is 76.6 cm³/mol. The van der Waals surface area contributed by atoms with E-state index < -0.39 is 0 Å². The Morgan fingerprint density at radius 2 is 1.95 bits per heavy atom. The van der Waals surface area contributed by atoms with Gasteiger partial charge in [-0.1, -0.05) is 0 Å². The lowest BCUT2D eigenvalue weighted by molar-refractivity contribution is 0.0995. The lowest BCUT2D eigenvalue weighted by Crippen LogP contribution is -2.11. The zero-order chi connectivity index (χ0) is 14.7. The fourth-order valence-corrected chi connectivity index (χ4v) is 2.04. The smallest absolute Gasteiger partial charge is 0.291 e. The first-order chi connectivity index (χ1) is 10.3. The molecular formula is C15H16N2O4. The van der Waals surface area contributed by atoms with E-state index in [1.807, 2.05) is 0 Å². The van der Waals surface area contributed by atoms with Gasteiger partial charge in [0.25, 0.3) is 5.91 Å². The number of rotatable bonds is 3. The summed E-state index contributed by atoms with van der Waals surface area (Å²) in [6, 6.07) is 8.57. The summed E-state index contributed by atoms with van der Waals surface area (Å²) in [7, 11) is 0. The van der Waals surface area contributed by atoms with Crippen LogP contribution in [-0.4, -0.2) is 19.1 Å². The Balaban J connectivity index is 1.75. The summed E-state index contributed by atoms with van der Waals surface area (Å²) in [5.41, 5.74) is 6.07. The van der Waals surface area contributed by atoms with E-state index in [0.717, 1.165) is 6.42 Å². The number of carbonyl (C=O) groups is 1. The topological polar surface area (TPSA) is 86.7 Å². The number of hydrogen-bond donors (Lipinski definition) is 2. The van der Waals surface area contributed by atoms with Gasteiger partial charge in [0.05, 0.1) is 19.8 Å². The van der Waals surface area contributed by atoms with Crippen LogP contribution in [-0.2, 0) is 6.54 Å². The van der Waals surface area contributed by atoms with Crippen LogP contribution in [0.3, 0.4) is 0 Å². The Hall–Kier alpha value is -2.47. The fraction of sp³-hybridized carbons (Fsp3) is 0.267. The van der Waals surface area contributed by atoms with Gasteiger partial charge in [-0.15, -0.1) is 0 Å². The molecule has 110 valence electrons. The zero-order valence-corrected chi connectivity index (χ0v) is 11.4. The maximum absolute atomic E-state index is 12.1. The summed E-state index contributed by atoms with van der Waals surface area (Å²) < 4.78 is 16.4. The molecule has 1 amide bonds. The Morgan fingerprint density at radius 1 is 1.14 bits per heavy atom. The number of nitrogens with one attached hydrogen (secondary N) is 1. The molecule has 2 heterocycles. The standard InChI is InChI=1S/C15H16N2O4/c16-9-11-3-5-13(21-11)15(18)17-10-2-4-12-14(8-10)20-7-1-6-19-12/h2-5,8H,1,6-7,9,16H2,(H,17,18). The van der Waals surface area contributed by atoms with Gasteiger partial charge in [0.15, 0.2) is 17.3 Å². The van der Waals surface area contributed by atoms with Crippen LogP contribution in [0.4, 0.5) is 5.69 Å². The highest BCUT2D eigenvalue weighted by molar-refractivity contribution is 6.02. The first kappa shape index (κ1) is 13.5. The predicted octanol–water partition coefficient (Wildman–Crippen LogP) is 2.15. The minimum Gasteiger partial charge on any atom is -0.490 e. The monoisotopic (exact) mass is 288 g/mol. The van der Waals surface area contributed by atoms with Gasteiger partial charge in [-0.3, -0.25) is 4.79 Å². The lowest BCUT2D eigenvalue weighted by atomic mass is 10.2. The van der Waals surface area contributed by atoms with E-state index in [9.17, 15) is 4.79 Å². The molecule has 6 nitrogen and oxygen atoms in total. The van der Waals surface area contributed by atoms with Gasteiger partial charge < -0.3 is 24.9 Å². The molecule has 0 atom stereocenters. The summed E-state index contributed by atoms with van der Waals surface area (Å²) >= 11 is 0. The number of hydrogen-bond acceptors (Lipinski definition) is 5. The van der Waals surface area contributed by atoms with E-state index in [1.165, 1.54) is 0 Å². The van der Waals surface area contributed by atoms with Crippen LogP contribution >= 0.6 is 0 Å². The highest BCUT2D eigenvalue weighted by Crippen LogP contribution is 2.32. The molecule has 0 unspecified atom stereocenters. The Kier molecular flexibility index (Phi) is 3.79. The van der Waals surface area contributed by atoms with Gasteiger partial charge >= 0.3 is 0 Å². The van der Waals surface area contributed by atoms with Crippen molar-refractivity contribution in [2.75, 3.05) is 18.5 Å². The van der Waals surface area contributed by atoms with Crippen LogP contribution in [0.5, 0.6) is 11.5 Å². The van der Waals surface area contributed by atoms with Gasteiger partial charge in [0.1, 0.15) is 5.76 Å². The first-order valence-corrected chi connectivity index (χ1v) is 6.76. The second kappa shape index (κ2) is 5.88. The van der Waals surface area contributed by atoms with Crippen LogP contribution in [0.15, 0.2) is 34.7 Å². The molecular weight excluding hydrogens is 272 g/mol. The molecule has 3 rings (SSSR count). The second-order valence-corrected chi connectivity index (χ2v) is 4.64. The van der Waals surface area contributed by atoms with Gasteiger partial charge in [0.2, 0.25) is 0 Å². The molecule has 0 fully saturated rings. The third-order valence-corrected chi connectivity index (χ3v) is 3.09. The minimum absolute atomic E-state index is 0.225. The van der Waals surface area contributed by atoms with Crippen molar-refractivity contribution in [3.63, 3.8) is 0 Å². The van der Waals surface area contributed by atoms with Gasteiger partial charge in [-0.2, -0.15) is 0 Å². The Labute approximate surface area is 121 Å². The number of nitrogens with two attached hydrogens (primary N) is 1. The van der Waals surface area contributed by atoms with Crippen molar-refractivity contribution >= 4 is 11.6 Å². The van der Waals surface area contributed by atoms with E-state index in [1.54, 1.807) is 30.3 Å². The average molecular weight is 288 g/mol. The number of furan rings is 1. The van der Waals surface area contributed by atoms with Crippen LogP contribution in [0, 0.1) is 0 Å².